The number of anilines is 1. The normalized spacial score (nSPS) is 14.6. The first-order chi connectivity index (χ1) is 14.0. The monoisotopic (exact) mass is 411 g/mol. The van der Waals surface area contributed by atoms with Crippen molar-refractivity contribution < 1.29 is 9.59 Å². The van der Waals surface area contributed by atoms with Crippen LogP contribution in [0.3, 0.4) is 0 Å². The van der Waals surface area contributed by atoms with Crippen LogP contribution in [0, 0.1) is 6.92 Å². The van der Waals surface area contributed by atoms with Crippen molar-refractivity contribution in [2.75, 3.05) is 44.3 Å². The first kappa shape index (κ1) is 21.4. The number of hydrogen-bond acceptors (Lipinski definition) is 4. The van der Waals surface area contributed by atoms with Crippen LogP contribution in [0.5, 0.6) is 0 Å². The van der Waals surface area contributed by atoms with Crippen molar-refractivity contribution >= 4 is 29.3 Å². The van der Waals surface area contributed by atoms with Gasteiger partial charge in [0, 0.05) is 44.0 Å². The van der Waals surface area contributed by atoms with E-state index in [1.54, 1.807) is 11.8 Å². The van der Waals surface area contributed by atoms with Gasteiger partial charge >= 0.3 is 0 Å². The Labute approximate surface area is 177 Å². The van der Waals surface area contributed by atoms with E-state index in [2.05, 4.69) is 10.2 Å². The first-order valence-electron chi connectivity index (χ1n) is 10.0. The fourth-order valence-electron chi connectivity index (χ4n) is 3.43. The number of hydrogen-bond donors (Lipinski definition) is 1. The lowest BCUT2D eigenvalue weighted by atomic mass is 10.1. The van der Waals surface area contributed by atoms with Crippen molar-refractivity contribution in [3.8, 4) is 0 Å². The minimum Gasteiger partial charge on any atom is -0.340 e. The lowest BCUT2D eigenvalue weighted by Crippen LogP contribution is -2.49. The number of piperazine rings is 1. The van der Waals surface area contributed by atoms with Crippen LogP contribution >= 0.6 is 11.8 Å². The SMILES string of the molecule is CSc1ccccc1NC(=O)CCN1CCN(C(=O)Cc2ccc(C)cc2)CC1. The summed E-state index contributed by atoms with van der Waals surface area (Å²) in [5, 5.41) is 3.01. The molecular weight excluding hydrogens is 382 g/mol. The van der Waals surface area contributed by atoms with Crippen molar-refractivity contribution in [1.82, 2.24) is 9.80 Å². The highest BCUT2D eigenvalue weighted by Crippen LogP contribution is 2.24. The van der Waals surface area contributed by atoms with Crippen LogP contribution < -0.4 is 5.32 Å². The van der Waals surface area contributed by atoms with Gasteiger partial charge in [0.15, 0.2) is 0 Å². The third-order valence-electron chi connectivity index (χ3n) is 5.24. The Balaban J connectivity index is 1.39. The van der Waals surface area contributed by atoms with Crippen molar-refractivity contribution in [2.45, 2.75) is 24.7 Å². The molecule has 1 aliphatic rings. The molecule has 0 saturated carbocycles. The minimum absolute atomic E-state index is 0.0318. The number of nitrogens with zero attached hydrogens (tertiary/aromatic N) is 2. The van der Waals surface area contributed by atoms with Gasteiger partial charge in [-0.3, -0.25) is 14.5 Å². The Bertz CT molecular complexity index is 830. The predicted molar refractivity (Wildman–Crippen MR) is 119 cm³/mol. The third-order valence-corrected chi connectivity index (χ3v) is 6.03. The Hall–Kier alpha value is -2.31. The molecule has 0 spiro atoms. The molecule has 1 heterocycles. The molecule has 154 valence electrons. The van der Waals surface area contributed by atoms with E-state index in [1.165, 1.54) is 5.56 Å². The number of rotatable bonds is 7. The Morgan fingerprint density at radius 3 is 2.38 bits per heavy atom. The highest BCUT2D eigenvalue weighted by atomic mass is 32.2. The first-order valence-corrected chi connectivity index (χ1v) is 11.3. The van der Waals surface area contributed by atoms with Crippen LogP contribution in [-0.4, -0.2) is 60.6 Å². The molecule has 1 N–H and O–H groups in total. The smallest absolute Gasteiger partial charge is 0.227 e. The zero-order chi connectivity index (χ0) is 20.6. The molecule has 0 aliphatic carbocycles. The van der Waals surface area contributed by atoms with Crippen molar-refractivity contribution in [3.05, 3.63) is 59.7 Å². The molecule has 29 heavy (non-hydrogen) atoms. The lowest BCUT2D eigenvalue weighted by molar-refractivity contribution is -0.132. The third kappa shape index (κ3) is 6.34. The number of carbonyl (C=O) groups excluding carboxylic acids is 2. The van der Waals surface area contributed by atoms with Gasteiger partial charge in [0.2, 0.25) is 11.8 Å². The molecule has 1 saturated heterocycles. The number of aryl methyl sites for hydroxylation is 1. The number of amides is 2. The van der Waals surface area contributed by atoms with Gasteiger partial charge in [-0.05, 0) is 30.9 Å². The summed E-state index contributed by atoms with van der Waals surface area (Å²) >= 11 is 1.62. The number of carbonyl (C=O) groups is 2. The summed E-state index contributed by atoms with van der Waals surface area (Å²) in [6, 6.07) is 16.0. The summed E-state index contributed by atoms with van der Waals surface area (Å²) < 4.78 is 0. The standard InChI is InChI=1S/C23H29N3O2S/c1-18-7-9-19(10-8-18)17-23(28)26-15-13-25(14-16-26)12-11-22(27)24-20-5-3-4-6-21(20)29-2/h3-10H,11-17H2,1-2H3,(H,24,27). The molecular formula is C23H29N3O2S. The maximum Gasteiger partial charge on any atom is 0.227 e. The van der Waals surface area contributed by atoms with Crippen molar-refractivity contribution in [2.24, 2.45) is 0 Å². The molecule has 0 aromatic heterocycles. The highest BCUT2D eigenvalue weighted by molar-refractivity contribution is 7.98. The van der Waals surface area contributed by atoms with E-state index >= 15 is 0 Å². The molecule has 1 aliphatic heterocycles. The van der Waals surface area contributed by atoms with E-state index in [-0.39, 0.29) is 11.8 Å². The molecule has 0 radical (unpaired) electrons. The highest BCUT2D eigenvalue weighted by Gasteiger charge is 2.21. The largest absolute Gasteiger partial charge is 0.340 e. The van der Waals surface area contributed by atoms with E-state index in [1.807, 2.05) is 66.6 Å². The molecule has 6 heteroatoms. The Morgan fingerprint density at radius 1 is 1.00 bits per heavy atom. The van der Waals surface area contributed by atoms with Crippen molar-refractivity contribution in [1.29, 1.82) is 0 Å². The summed E-state index contributed by atoms with van der Waals surface area (Å²) in [7, 11) is 0. The molecule has 0 bridgehead atoms. The van der Waals surface area contributed by atoms with Gasteiger partial charge in [-0.2, -0.15) is 0 Å². The van der Waals surface area contributed by atoms with E-state index in [0.717, 1.165) is 42.3 Å². The Morgan fingerprint density at radius 2 is 1.69 bits per heavy atom. The van der Waals surface area contributed by atoms with Gasteiger partial charge in [0.25, 0.3) is 0 Å². The average Bonchev–Trinajstić information content (AvgIpc) is 2.74. The minimum atomic E-state index is 0.0318. The van der Waals surface area contributed by atoms with Crippen molar-refractivity contribution in [3.63, 3.8) is 0 Å². The second-order valence-corrected chi connectivity index (χ2v) is 8.23. The molecule has 0 unspecified atom stereocenters. The molecule has 2 aromatic carbocycles. The van der Waals surface area contributed by atoms with Crippen LogP contribution in [0.2, 0.25) is 0 Å². The number of thioether (sulfide) groups is 1. The molecule has 0 atom stereocenters. The summed E-state index contributed by atoms with van der Waals surface area (Å²) in [5.74, 6) is 0.212. The molecule has 5 nitrogen and oxygen atoms in total. The Kier molecular flexibility index (Phi) is 7.72. The lowest BCUT2D eigenvalue weighted by Gasteiger charge is -2.34. The second-order valence-electron chi connectivity index (χ2n) is 7.38. The van der Waals surface area contributed by atoms with Gasteiger partial charge in [-0.15, -0.1) is 11.8 Å². The average molecular weight is 412 g/mol. The predicted octanol–water partition coefficient (Wildman–Crippen LogP) is 3.43. The van der Waals surface area contributed by atoms with Gasteiger partial charge in [-0.25, -0.2) is 0 Å². The van der Waals surface area contributed by atoms with Gasteiger partial charge in [0.1, 0.15) is 0 Å². The van der Waals surface area contributed by atoms with Crippen LogP contribution in [0.1, 0.15) is 17.5 Å². The van der Waals surface area contributed by atoms with Crippen LogP contribution in [0.25, 0.3) is 0 Å². The second kappa shape index (κ2) is 10.5. The molecule has 2 amide bonds. The van der Waals surface area contributed by atoms with Crippen LogP contribution in [-0.2, 0) is 16.0 Å². The van der Waals surface area contributed by atoms with Gasteiger partial charge in [0.05, 0.1) is 12.1 Å². The van der Waals surface area contributed by atoms with Crippen LogP contribution in [0.4, 0.5) is 5.69 Å². The van der Waals surface area contributed by atoms with E-state index in [4.69, 9.17) is 0 Å². The number of benzene rings is 2. The zero-order valence-electron chi connectivity index (χ0n) is 17.2. The maximum absolute atomic E-state index is 12.5. The molecule has 2 aromatic rings. The fourth-order valence-corrected chi connectivity index (χ4v) is 3.99. The fraction of sp³-hybridized carbons (Fsp3) is 0.391. The number of para-hydroxylation sites is 1. The van der Waals surface area contributed by atoms with E-state index in [9.17, 15) is 9.59 Å². The topological polar surface area (TPSA) is 52.7 Å². The summed E-state index contributed by atoms with van der Waals surface area (Å²) in [4.78, 5) is 30.1. The summed E-state index contributed by atoms with van der Waals surface area (Å²) in [6.07, 6.45) is 2.92. The summed E-state index contributed by atoms with van der Waals surface area (Å²) in [5.41, 5.74) is 3.14. The zero-order valence-corrected chi connectivity index (χ0v) is 18.0. The van der Waals surface area contributed by atoms with E-state index < -0.39 is 0 Å². The summed E-state index contributed by atoms with van der Waals surface area (Å²) in [6.45, 7) is 5.84. The van der Waals surface area contributed by atoms with Gasteiger partial charge < -0.3 is 10.2 Å². The quantitative estimate of drug-likeness (QED) is 0.709. The molecule has 1 fully saturated rings. The van der Waals surface area contributed by atoms with Crippen LogP contribution in [0.15, 0.2) is 53.4 Å². The van der Waals surface area contributed by atoms with E-state index in [0.29, 0.717) is 19.4 Å². The maximum atomic E-state index is 12.5. The molecule has 3 rings (SSSR count). The number of nitrogens with one attached hydrogen (secondary N) is 1. The van der Waals surface area contributed by atoms with Gasteiger partial charge in [-0.1, -0.05) is 42.0 Å².